The molecule has 4 heteroatoms. The molecule has 2 fully saturated rings. The topological polar surface area (TPSA) is 69.6 Å². The summed E-state index contributed by atoms with van der Waals surface area (Å²) in [6, 6.07) is 0.521. The molecule has 2 aliphatic rings. The maximum absolute atomic E-state index is 10.3. The van der Waals surface area contributed by atoms with Gasteiger partial charge in [-0.2, -0.15) is 0 Å². The zero-order chi connectivity index (χ0) is 10.8. The second kappa shape index (κ2) is 4.49. The van der Waals surface area contributed by atoms with Gasteiger partial charge in [-0.25, -0.2) is 0 Å². The molecule has 2 aliphatic carbocycles. The number of hydrogen-bond donors (Lipinski definition) is 3. The normalized spacial score (nSPS) is 35.7. The molecule has 2 rings (SSSR count). The third-order valence-corrected chi connectivity index (χ3v) is 3.76. The van der Waals surface area contributed by atoms with Crippen molar-refractivity contribution in [1.82, 2.24) is 5.32 Å². The van der Waals surface area contributed by atoms with E-state index in [1.54, 1.807) is 0 Å². The molecule has 4 unspecified atom stereocenters. The first-order valence-electron chi connectivity index (χ1n) is 5.78. The number of hydrogen-bond acceptors (Lipinski definition) is 3. The third-order valence-electron chi connectivity index (χ3n) is 3.76. The van der Waals surface area contributed by atoms with E-state index in [-0.39, 0.29) is 6.42 Å². The Morgan fingerprint density at radius 2 is 2.20 bits per heavy atom. The highest BCUT2D eigenvalue weighted by Gasteiger charge is 2.39. The molecule has 2 bridgehead atoms. The van der Waals surface area contributed by atoms with Gasteiger partial charge in [-0.05, 0) is 31.1 Å². The Balaban J connectivity index is 1.68. The van der Waals surface area contributed by atoms with Gasteiger partial charge >= 0.3 is 5.97 Å². The maximum Gasteiger partial charge on any atom is 0.306 e. The van der Waals surface area contributed by atoms with Crippen molar-refractivity contribution in [3.05, 3.63) is 0 Å². The Hall–Kier alpha value is -0.610. The van der Waals surface area contributed by atoms with E-state index in [9.17, 15) is 9.90 Å². The summed E-state index contributed by atoms with van der Waals surface area (Å²) >= 11 is 0. The lowest BCUT2D eigenvalue weighted by Crippen LogP contribution is -2.39. The van der Waals surface area contributed by atoms with Crippen LogP contribution in [0.1, 0.15) is 32.1 Å². The molecule has 0 heterocycles. The smallest absolute Gasteiger partial charge is 0.306 e. The fraction of sp³-hybridized carbons (Fsp3) is 0.909. The number of fused-ring (bicyclic) bond motifs is 2. The number of rotatable bonds is 5. The van der Waals surface area contributed by atoms with Crippen LogP contribution in [0.15, 0.2) is 0 Å². The van der Waals surface area contributed by atoms with Gasteiger partial charge < -0.3 is 15.5 Å². The summed E-state index contributed by atoms with van der Waals surface area (Å²) in [5, 5.41) is 21.2. The molecular formula is C11H19NO3. The quantitative estimate of drug-likeness (QED) is 0.625. The average molecular weight is 213 g/mol. The fourth-order valence-corrected chi connectivity index (χ4v) is 3.06. The largest absolute Gasteiger partial charge is 0.481 e. The second-order valence-electron chi connectivity index (χ2n) is 4.94. The van der Waals surface area contributed by atoms with Crippen molar-refractivity contribution in [1.29, 1.82) is 0 Å². The van der Waals surface area contributed by atoms with E-state index in [1.807, 2.05) is 0 Å². The van der Waals surface area contributed by atoms with Gasteiger partial charge in [0.15, 0.2) is 0 Å². The Labute approximate surface area is 89.7 Å². The van der Waals surface area contributed by atoms with E-state index in [0.29, 0.717) is 12.6 Å². The molecule has 0 aromatic rings. The first-order valence-corrected chi connectivity index (χ1v) is 5.78. The molecule has 3 N–H and O–H groups in total. The van der Waals surface area contributed by atoms with Crippen molar-refractivity contribution < 1.29 is 15.0 Å². The first kappa shape index (κ1) is 10.9. The van der Waals surface area contributed by atoms with Crippen molar-refractivity contribution >= 4 is 5.97 Å². The molecule has 0 radical (unpaired) electrons. The summed E-state index contributed by atoms with van der Waals surface area (Å²) in [5.74, 6) is 0.716. The highest BCUT2D eigenvalue weighted by atomic mass is 16.4. The van der Waals surface area contributed by atoms with E-state index >= 15 is 0 Å². The summed E-state index contributed by atoms with van der Waals surface area (Å²) in [7, 11) is 0. The van der Waals surface area contributed by atoms with Gasteiger partial charge in [0.05, 0.1) is 12.5 Å². The molecule has 4 nitrogen and oxygen atoms in total. The number of nitrogens with one attached hydrogen (secondary N) is 1. The van der Waals surface area contributed by atoms with Crippen LogP contribution >= 0.6 is 0 Å². The maximum atomic E-state index is 10.3. The fourth-order valence-electron chi connectivity index (χ4n) is 3.06. The molecule has 4 atom stereocenters. The lowest BCUT2D eigenvalue weighted by atomic mass is 9.95. The summed E-state index contributed by atoms with van der Waals surface area (Å²) in [5.41, 5.74) is 0. The first-order chi connectivity index (χ1) is 7.15. The molecule has 0 aliphatic heterocycles. The zero-order valence-corrected chi connectivity index (χ0v) is 8.85. The van der Waals surface area contributed by atoms with Crippen LogP contribution in [0, 0.1) is 11.8 Å². The summed E-state index contributed by atoms with van der Waals surface area (Å²) in [6.07, 6.45) is 4.30. The standard InChI is InChI=1S/C11H19NO3/c13-9(5-11(14)15)6-12-10-4-7-1-2-8(10)3-7/h7-10,12-13H,1-6H2,(H,14,15). The van der Waals surface area contributed by atoms with Crippen molar-refractivity contribution in [2.24, 2.45) is 11.8 Å². The number of carbonyl (C=O) groups is 1. The number of aliphatic hydroxyl groups excluding tert-OH is 1. The predicted octanol–water partition coefficient (Wildman–Crippen LogP) is 0.600. The number of carboxylic acid groups (broad SMARTS) is 1. The molecule has 86 valence electrons. The van der Waals surface area contributed by atoms with Gasteiger partial charge in [-0.1, -0.05) is 6.42 Å². The minimum atomic E-state index is -0.933. The molecule has 2 saturated carbocycles. The average Bonchev–Trinajstić information content (AvgIpc) is 2.74. The van der Waals surface area contributed by atoms with Crippen LogP contribution in [0.2, 0.25) is 0 Å². The molecule has 0 spiro atoms. The molecule has 0 amide bonds. The van der Waals surface area contributed by atoms with E-state index in [2.05, 4.69) is 5.32 Å². The number of carboxylic acids is 1. The van der Waals surface area contributed by atoms with Crippen LogP contribution in [0.25, 0.3) is 0 Å². The molecule has 15 heavy (non-hydrogen) atoms. The third kappa shape index (κ3) is 2.69. The highest BCUT2D eigenvalue weighted by molar-refractivity contribution is 5.67. The van der Waals surface area contributed by atoms with Gasteiger partial charge in [-0.15, -0.1) is 0 Å². The monoisotopic (exact) mass is 213 g/mol. The van der Waals surface area contributed by atoms with Crippen LogP contribution in [-0.4, -0.2) is 34.9 Å². The minimum Gasteiger partial charge on any atom is -0.481 e. The second-order valence-corrected chi connectivity index (χ2v) is 4.94. The van der Waals surface area contributed by atoms with Crippen molar-refractivity contribution in [2.45, 2.75) is 44.2 Å². The van der Waals surface area contributed by atoms with E-state index in [4.69, 9.17) is 5.11 Å². The molecule has 0 aromatic heterocycles. The predicted molar refractivity (Wildman–Crippen MR) is 55.5 cm³/mol. The lowest BCUT2D eigenvalue weighted by Gasteiger charge is -2.24. The van der Waals surface area contributed by atoms with Crippen molar-refractivity contribution in [2.75, 3.05) is 6.54 Å². The number of aliphatic carboxylic acids is 1. The van der Waals surface area contributed by atoms with Crippen molar-refractivity contribution in [3.63, 3.8) is 0 Å². The summed E-state index contributed by atoms with van der Waals surface area (Å²) < 4.78 is 0. The van der Waals surface area contributed by atoms with E-state index in [1.165, 1.54) is 25.7 Å². The van der Waals surface area contributed by atoms with Crippen LogP contribution in [0.5, 0.6) is 0 Å². The summed E-state index contributed by atoms with van der Waals surface area (Å²) in [6.45, 7) is 0.417. The number of aliphatic hydroxyl groups is 1. The summed E-state index contributed by atoms with van der Waals surface area (Å²) in [4.78, 5) is 10.3. The lowest BCUT2D eigenvalue weighted by molar-refractivity contribution is -0.139. The van der Waals surface area contributed by atoms with Gasteiger partial charge in [0.25, 0.3) is 0 Å². The molecular weight excluding hydrogens is 194 g/mol. The van der Waals surface area contributed by atoms with Crippen molar-refractivity contribution in [3.8, 4) is 0 Å². The van der Waals surface area contributed by atoms with Crippen LogP contribution in [0.4, 0.5) is 0 Å². The Bertz CT molecular complexity index is 244. The van der Waals surface area contributed by atoms with E-state index in [0.717, 1.165) is 11.8 Å². The minimum absolute atomic E-state index is 0.159. The van der Waals surface area contributed by atoms with Gasteiger partial charge in [0.1, 0.15) is 0 Å². The highest BCUT2D eigenvalue weighted by Crippen LogP contribution is 2.44. The van der Waals surface area contributed by atoms with E-state index < -0.39 is 12.1 Å². The van der Waals surface area contributed by atoms with Gasteiger partial charge in [0, 0.05) is 12.6 Å². The van der Waals surface area contributed by atoms with Crippen LogP contribution in [0.3, 0.4) is 0 Å². The van der Waals surface area contributed by atoms with Gasteiger partial charge in [0.2, 0.25) is 0 Å². The zero-order valence-electron chi connectivity index (χ0n) is 8.85. The SMILES string of the molecule is O=C(O)CC(O)CNC1CC2CCC1C2. The molecule has 0 aromatic carbocycles. The van der Waals surface area contributed by atoms with Crippen LogP contribution in [-0.2, 0) is 4.79 Å². The Morgan fingerprint density at radius 3 is 2.73 bits per heavy atom. The molecule has 0 saturated heterocycles. The van der Waals surface area contributed by atoms with Crippen LogP contribution < -0.4 is 5.32 Å². The Morgan fingerprint density at radius 1 is 1.40 bits per heavy atom. The van der Waals surface area contributed by atoms with Gasteiger partial charge in [-0.3, -0.25) is 4.79 Å². The Kier molecular flexibility index (Phi) is 3.26.